The second kappa shape index (κ2) is 10.9. The standard InChI is InChI=1S/C19H33N5O/c1-3-5-6-7-10-20-19(25)22-16-17-8-9-18(21-15-17)24-13-11-23(4-2)12-14-24/h8-9,15H,3-7,10-14,16H2,1-2H3,(H2,20,22,25). The molecule has 1 saturated heterocycles. The van der Waals surface area contributed by atoms with E-state index in [0.717, 1.165) is 57.1 Å². The summed E-state index contributed by atoms with van der Waals surface area (Å²) in [6.45, 7) is 11.0. The quantitative estimate of drug-likeness (QED) is 0.674. The third kappa shape index (κ3) is 6.90. The molecule has 2 rings (SSSR count). The summed E-state index contributed by atoms with van der Waals surface area (Å²) in [5.74, 6) is 1.03. The number of aromatic nitrogens is 1. The molecule has 0 spiro atoms. The van der Waals surface area contributed by atoms with E-state index in [0.29, 0.717) is 6.54 Å². The number of hydrogen-bond acceptors (Lipinski definition) is 4. The number of urea groups is 1. The summed E-state index contributed by atoms with van der Waals surface area (Å²) >= 11 is 0. The van der Waals surface area contributed by atoms with Crippen molar-refractivity contribution in [2.24, 2.45) is 0 Å². The molecule has 6 nitrogen and oxygen atoms in total. The highest BCUT2D eigenvalue weighted by Gasteiger charge is 2.16. The van der Waals surface area contributed by atoms with E-state index in [-0.39, 0.29) is 6.03 Å². The highest BCUT2D eigenvalue weighted by Crippen LogP contribution is 2.14. The minimum atomic E-state index is -0.101. The minimum absolute atomic E-state index is 0.101. The number of likely N-dealkylation sites (N-methyl/N-ethyl adjacent to an activating group) is 1. The molecule has 0 unspecified atom stereocenters. The smallest absolute Gasteiger partial charge is 0.315 e. The molecule has 0 radical (unpaired) electrons. The number of pyridine rings is 1. The number of rotatable bonds is 9. The van der Waals surface area contributed by atoms with Crippen molar-refractivity contribution in [3.63, 3.8) is 0 Å². The lowest BCUT2D eigenvalue weighted by Crippen LogP contribution is -2.46. The van der Waals surface area contributed by atoms with Crippen LogP contribution in [-0.2, 0) is 6.54 Å². The highest BCUT2D eigenvalue weighted by atomic mass is 16.2. The highest BCUT2D eigenvalue weighted by molar-refractivity contribution is 5.73. The van der Waals surface area contributed by atoms with Gasteiger partial charge in [0.05, 0.1) is 0 Å². The second-order valence-corrected chi connectivity index (χ2v) is 6.62. The van der Waals surface area contributed by atoms with Crippen LogP contribution < -0.4 is 15.5 Å². The van der Waals surface area contributed by atoms with Crippen LogP contribution in [0.4, 0.5) is 10.6 Å². The molecule has 25 heavy (non-hydrogen) atoms. The maximum atomic E-state index is 11.8. The van der Waals surface area contributed by atoms with E-state index in [9.17, 15) is 4.79 Å². The Bertz CT molecular complexity index is 497. The van der Waals surface area contributed by atoms with Gasteiger partial charge in [-0.3, -0.25) is 0 Å². The first-order chi connectivity index (χ1) is 12.2. The lowest BCUT2D eigenvalue weighted by atomic mass is 10.2. The van der Waals surface area contributed by atoms with Crippen molar-refractivity contribution in [3.8, 4) is 0 Å². The zero-order valence-electron chi connectivity index (χ0n) is 15.8. The number of nitrogens with zero attached hydrogens (tertiary/aromatic N) is 3. The SMILES string of the molecule is CCCCCCNC(=O)NCc1ccc(N2CCN(CC)CC2)nc1. The van der Waals surface area contributed by atoms with Gasteiger partial charge in [-0.25, -0.2) is 9.78 Å². The van der Waals surface area contributed by atoms with Gasteiger partial charge >= 0.3 is 6.03 Å². The average molecular weight is 348 g/mol. The van der Waals surface area contributed by atoms with E-state index in [1.165, 1.54) is 19.3 Å². The summed E-state index contributed by atoms with van der Waals surface area (Å²) in [6.07, 6.45) is 6.53. The van der Waals surface area contributed by atoms with Crippen LogP contribution in [0, 0.1) is 0 Å². The molecule has 1 aromatic heterocycles. The Kier molecular flexibility index (Phi) is 8.52. The molecule has 2 amide bonds. The Labute approximate surface area is 152 Å². The summed E-state index contributed by atoms with van der Waals surface area (Å²) in [5, 5.41) is 5.79. The Morgan fingerprint density at radius 1 is 1.08 bits per heavy atom. The molecule has 0 aromatic carbocycles. The molecule has 0 atom stereocenters. The third-order valence-corrected chi connectivity index (χ3v) is 4.72. The number of hydrogen-bond donors (Lipinski definition) is 2. The van der Waals surface area contributed by atoms with Crippen molar-refractivity contribution in [3.05, 3.63) is 23.9 Å². The molecule has 1 aliphatic rings. The fourth-order valence-corrected chi connectivity index (χ4v) is 3.00. The molecular weight excluding hydrogens is 314 g/mol. The van der Waals surface area contributed by atoms with Gasteiger partial charge in [-0.2, -0.15) is 0 Å². The van der Waals surface area contributed by atoms with E-state index >= 15 is 0 Å². The van der Waals surface area contributed by atoms with Crippen molar-refractivity contribution in [2.45, 2.75) is 46.1 Å². The van der Waals surface area contributed by atoms with Crippen molar-refractivity contribution in [1.29, 1.82) is 0 Å². The largest absolute Gasteiger partial charge is 0.354 e. The van der Waals surface area contributed by atoms with E-state index in [1.807, 2.05) is 6.20 Å². The van der Waals surface area contributed by atoms with Gasteiger partial charge < -0.3 is 20.4 Å². The molecule has 140 valence electrons. The van der Waals surface area contributed by atoms with E-state index in [1.54, 1.807) is 0 Å². The lowest BCUT2D eigenvalue weighted by Gasteiger charge is -2.34. The average Bonchev–Trinajstić information content (AvgIpc) is 2.67. The van der Waals surface area contributed by atoms with Crippen molar-refractivity contribution >= 4 is 11.8 Å². The summed E-state index contributed by atoms with van der Waals surface area (Å²) in [6, 6.07) is 4.01. The van der Waals surface area contributed by atoms with Gasteiger partial charge in [0.2, 0.25) is 0 Å². The maximum absolute atomic E-state index is 11.8. The summed E-state index contributed by atoms with van der Waals surface area (Å²) in [5.41, 5.74) is 1.03. The third-order valence-electron chi connectivity index (χ3n) is 4.72. The fraction of sp³-hybridized carbons (Fsp3) is 0.684. The van der Waals surface area contributed by atoms with Gasteiger partial charge in [-0.1, -0.05) is 39.2 Å². The predicted octanol–water partition coefficient (Wildman–Crippen LogP) is 2.60. The fourth-order valence-electron chi connectivity index (χ4n) is 3.00. The van der Waals surface area contributed by atoms with Gasteiger partial charge in [0.25, 0.3) is 0 Å². The minimum Gasteiger partial charge on any atom is -0.354 e. The molecule has 1 fully saturated rings. The second-order valence-electron chi connectivity index (χ2n) is 6.62. The first-order valence-corrected chi connectivity index (χ1v) is 9.66. The number of amides is 2. The molecule has 1 aromatic rings. The monoisotopic (exact) mass is 347 g/mol. The number of carbonyl (C=O) groups excluding carboxylic acids is 1. The maximum Gasteiger partial charge on any atom is 0.315 e. The Morgan fingerprint density at radius 3 is 2.52 bits per heavy atom. The molecule has 0 aliphatic carbocycles. The van der Waals surface area contributed by atoms with E-state index in [2.05, 4.69) is 51.4 Å². The molecule has 1 aliphatic heterocycles. The summed E-state index contributed by atoms with van der Waals surface area (Å²) < 4.78 is 0. The van der Waals surface area contributed by atoms with Gasteiger partial charge in [0, 0.05) is 45.5 Å². The number of piperazine rings is 1. The van der Waals surface area contributed by atoms with E-state index < -0.39 is 0 Å². The van der Waals surface area contributed by atoms with Gasteiger partial charge in [0.1, 0.15) is 5.82 Å². The van der Waals surface area contributed by atoms with Crippen molar-refractivity contribution in [2.75, 3.05) is 44.2 Å². The normalized spacial score (nSPS) is 15.2. The molecule has 0 saturated carbocycles. The topological polar surface area (TPSA) is 60.5 Å². The number of anilines is 1. The Balaban J connectivity index is 1.67. The lowest BCUT2D eigenvalue weighted by molar-refractivity contribution is 0.240. The van der Waals surface area contributed by atoms with Gasteiger partial charge in [-0.15, -0.1) is 0 Å². The molecule has 6 heteroatoms. The van der Waals surface area contributed by atoms with Crippen molar-refractivity contribution in [1.82, 2.24) is 20.5 Å². The molecule has 0 bridgehead atoms. The zero-order chi connectivity index (χ0) is 17.9. The molecule has 2 heterocycles. The molecule has 2 N–H and O–H groups in total. The van der Waals surface area contributed by atoms with Crippen LogP contribution in [0.3, 0.4) is 0 Å². The number of unbranched alkanes of at least 4 members (excludes halogenated alkanes) is 3. The number of carbonyl (C=O) groups is 1. The first kappa shape index (κ1) is 19.5. The van der Waals surface area contributed by atoms with Crippen LogP contribution >= 0.6 is 0 Å². The number of nitrogens with one attached hydrogen (secondary N) is 2. The zero-order valence-corrected chi connectivity index (χ0v) is 15.8. The van der Waals surface area contributed by atoms with Crippen LogP contribution in [0.1, 0.15) is 45.1 Å². The van der Waals surface area contributed by atoms with Gasteiger partial charge in [0.15, 0.2) is 0 Å². The van der Waals surface area contributed by atoms with E-state index in [4.69, 9.17) is 0 Å². The first-order valence-electron chi connectivity index (χ1n) is 9.66. The van der Waals surface area contributed by atoms with Crippen LogP contribution in [0.25, 0.3) is 0 Å². The van der Waals surface area contributed by atoms with Crippen LogP contribution in [-0.4, -0.2) is 55.2 Å². The predicted molar refractivity (Wildman–Crippen MR) is 103 cm³/mol. The molecular formula is C19H33N5O. The Morgan fingerprint density at radius 2 is 1.88 bits per heavy atom. The van der Waals surface area contributed by atoms with Crippen LogP contribution in [0.5, 0.6) is 0 Å². The van der Waals surface area contributed by atoms with Crippen molar-refractivity contribution < 1.29 is 4.79 Å². The summed E-state index contributed by atoms with van der Waals surface area (Å²) in [7, 11) is 0. The van der Waals surface area contributed by atoms with Crippen LogP contribution in [0.15, 0.2) is 18.3 Å². The van der Waals surface area contributed by atoms with Gasteiger partial charge in [-0.05, 0) is 24.6 Å². The van der Waals surface area contributed by atoms with Crippen LogP contribution in [0.2, 0.25) is 0 Å². The summed E-state index contributed by atoms with van der Waals surface area (Å²) in [4.78, 5) is 21.1. The Hall–Kier alpha value is -1.82.